The molecule has 20 heavy (non-hydrogen) atoms. The first-order valence-corrected chi connectivity index (χ1v) is 6.68. The van der Waals surface area contributed by atoms with Crippen LogP contribution in [-0.4, -0.2) is 25.0 Å². The SMILES string of the molecule is CCNC(=O)C1CC(c2cc(F)c(F)cc2F)CCN1. The molecule has 110 valence electrons. The monoisotopic (exact) mass is 286 g/mol. The van der Waals surface area contributed by atoms with Crippen LogP contribution >= 0.6 is 0 Å². The first-order valence-electron chi connectivity index (χ1n) is 6.68. The summed E-state index contributed by atoms with van der Waals surface area (Å²) in [5.74, 6) is -3.46. The number of rotatable bonds is 3. The quantitative estimate of drug-likeness (QED) is 0.835. The highest BCUT2D eigenvalue weighted by Gasteiger charge is 2.29. The molecule has 1 saturated heterocycles. The zero-order valence-electron chi connectivity index (χ0n) is 11.2. The van der Waals surface area contributed by atoms with Gasteiger partial charge in [-0.2, -0.15) is 0 Å². The van der Waals surface area contributed by atoms with E-state index < -0.39 is 23.5 Å². The molecule has 1 amide bonds. The van der Waals surface area contributed by atoms with Gasteiger partial charge < -0.3 is 10.6 Å². The molecule has 2 rings (SSSR count). The third-order valence-electron chi connectivity index (χ3n) is 3.55. The highest BCUT2D eigenvalue weighted by atomic mass is 19.2. The van der Waals surface area contributed by atoms with E-state index in [2.05, 4.69) is 10.6 Å². The Morgan fingerprint density at radius 2 is 2.00 bits per heavy atom. The van der Waals surface area contributed by atoms with Crippen LogP contribution in [0.4, 0.5) is 13.2 Å². The van der Waals surface area contributed by atoms with Crippen LogP contribution in [0.1, 0.15) is 31.2 Å². The number of amides is 1. The maximum Gasteiger partial charge on any atom is 0.237 e. The summed E-state index contributed by atoms with van der Waals surface area (Å²) in [6.07, 6.45) is 0.950. The Morgan fingerprint density at radius 3 is 2.70 bits per heavy atom. The van der Waals surface area contributed by atoms with Crippen molar-refractivity contribution < 1.29 is 18.0 Å². The van der Waals surface area contributed by atoms with Crippen molar-refractivity contribution in [2.45, 2.75) is 31.7 Å². The van der Waals surface area contributed by atoms with Gasteiger partial charge in [-0.1, -0.05) is 0 Å². The molecule has 2 atom stereocenters. The molecule has 2 unspecified atom stereocenters. The van der Waals surface area contributed by atoms with Crippen LogP contribution in [0.15, 0.2) is 12.1 Å². The molecule has 1 aliphatic rings. The predicted octanol–water partition coefficient (Wildman–Crippen LogP) is 2.08. The molecule has 6 heteroatoms. The van der Waals surface area contributed by atoms with Crippen molar-refractivity contribution in [3.63, 3.8) is 0 Å². The highest BCUT2D eigenvalue weighted by molar-refractivity contribution is 5.81. The number of carbonyl (C=O) groups excluding carboxylic acids is 1. The average molecular weight is 286 g/mol. The summed E-state index contributed by atoms with van der Waals surface area (Å²) < 4.78 is 40.0. The van der Waals surface area contributed by atoms with Crippen molar-refractivity contribution in [3.05, 3.63) is 35.1 Å². The smallest absolute Gasteiger partial charge is 0.237 e. The average Bonchev–Trinajstić information content (AvgIpc) is 2.43. The van der Waals surface area contributed by atoms with Gasteiger partial charge in [0.05, 0.1) is 6.04 Å². The zero-order chi connectivity index (χ0) is 14.7. The Kier molecular flexibility index (Phi) is 4.65. The third-order valence-corrected chi connectivity index (χ3v) is 3.55. The van der Waals surface area contributed by atoms with Gasteiger partial charge in [0, 0.05) is 12.6 Å². The summed E-state index contributed by atoms with van der Waals surface area (Å²) in [7, 11) is 0. The van der Waals surface area contributed by atoms with Gasteiger partial charge in [0.15, 0.2) is 11.6 Å². The number of benzene rings is 1. The molecule has 0 aliphatic carbocycles. The largest absolute Gasteiger partial charge is 0.355 e. The van der Waals surface area contributed by atoms with Crippen molar-refractivity contribution in [1.29, 1.82) is 0 Å². The molecular weight excluding hydrogens is 269 g/mol. The first-order chi connectivity index (χ1) is 9.52. The van der Waals surface area contributed by atoms with Crippen LogP contribution in [0.3, 0.4) is 0 Å². The number of hydrogen-bond acceptors (Lipinski definition) is 2. The lowest BCUT2D eigenvalue weighted by atomic mass is 9.85. The van der Waals surface area contributed by atoms with Crippen LogP contribution in [-0.2, 0) is 4.79 Å². The fourth-order valence-electron chi connectivity index (χ4n) is 2.55. The zero-order valence-corrected chi connectivity index (χ0v) is 11.2. The Labute approximate surface area is 115 Å². The van der Waals surface area contributed by atoms with Crippen LogP contribution in [0.25, 0.3) is 0 Å². The van der Waals surface area contributed by atoms with Gasteiger partial charge in [-0.25, -0.2) is 13.2 Å². The molecule has 2 N–H and O–H groups in total. The maximum absolute atomic E-state index is 13.8. The normalized spacial score (nSPS) is 22.6. The molecule has 1 aromatic carbocycles. The summed E-state index contributed by atoms with van der Waals surface area (Å²) >= 11 is 0. The number of likely N-dealkylation sites (N-methyl/N-ethyl adjacent to an activating group) is 1. The second-order valence-corrected chi connectivity index (χ2v) is 4.91. The van der Waals surface area contributed by atoms with Crippen molar-refractivity contribution in [1.82, 2.24) is 10.6 Å². The second kappa shape index (κ2) is 6.26. The Morgan fingerprint density at radius 1 is 1.30 bits per heavy atom. The summed E-state index contributed by atoms with van der Waals surface area (Å²) in [5, 5.41) is 5.74. The van der Waals surface area contributed by atoms with E-state index in [1.54, 1.807) is 0 Å². The number of nitrogens with one attached hydrogen (secondary N) is 2. The maximum atomic E-state index is 13.8. The lowest BCUT2D eigenvalue weighted by Gasteiger charge is -2.30. The van der Waals surface area contributed by atoms with Crippen molar-refractivity contribution in [2.24, 2.45) is 0 Å². The minimum atomic E-state index is -1.19. The predicted molar refractivity (Wildman–Crippen MR) is 68.8 cm³/mol. The fraction of sp³-hybridized carbons (Fsp3) is 0.500. The molecule has 0 radical (unpaired) electrons. The highest BCUT2D eigenvalue weighted by Crippen LogP contribution is 2.30. The fourth-order valence-corrected chi connectivity index (χ4v) is 2.55. The molecule has 0 aromatic heterocycles. The Balaban J connectivity index is 2.17. The van der Waals surface area contributed by atoms with E-state index in [0.29, 0.717) is 32.0 Å². The molecule has 0 bridgehead atoms. The minimum Gasteiger partial charge on any atom is -0.355 e. The third kappa shape index (κ3) is 3.12. The van der Waals surface area contributed by atoms with Crippen LogP contribution < -0.4 is 10.6 Å². The molecular formula is C14H17F3N2O. The van der Waals surface area contributed by atoms with E-state index in [1.807, 2.05) is 6.92 Å². The van der Waals surface area contributed by atoms with Crippen LogP contribution in [0.5, 0.6) is 0 Å². The van der Waals surface area contributed by atoms with Gasteiger partial charge >= 0.3 is 0 Å². The van der Waals surface area contributed by atoms with Crippen LogP contribution in [0, 0.1) is 17.5 Å². The Hall–Kier alpha value is -1.56. The number of piperidine rings is 1. The van der Waals surface area contributed by atoms with E-state index in [0.717, 1.165) is 6.07 Å². The molecule has 0 spiro atoms. The summed E-state index contributed by atoms with van der Waals surface area (Å²) in [4.78, 5) is 11.8. The van der Waals surface area contributed by atoms with E-state index >= 15 is 0 Å². The van der Waals surface area contributed by atoms with Crippen molar-refractivity contribution in [2.75, 3.05) is 13.1 Å². The molecule has 1 heterocycles. The standard InChI is InChI=1S/C14H17F3N2O/c1-2-18-14(20)13-5-8(3-4-19-13)9-6-11(16)12(17)7-10(9)15/h6-8,13,19H,2-5H2,1H3,(H,18,20). The number of carbonyl (C=O) groups is 1. The van der Waals surface area contributed by atoms with Gasteiger partial charge in [0.25, 0.3) is 0 Å². The van der Waals surface area contributed by atoms with E-state index in [-0.39, 0.29) is 17.4 Å². The molecule has 1 fully saturated rings. The van der Waals surface area contributed by atoms with E-state index in [1.165, 1.54) is 0 Å². The van der Waals surface area contributed by atoms with E-state index in [4.69, 9.17) is 0 Å². The van der Waals surface area contributed by atoms with Gasteiger partial charge in [0.1, 0.15) is 5.82 Å². The second-order valence-electron chi connectivity index (χ2n) is 4.91. The van der Waals surface area contributed by atoms with Crippen molar-refractivity contribution in [3.8, 4) is 0 Å². The lowest BCUT2D eigenvalue weighted by molar-refractivity contribution is -0.123. The lowest BCUT2D eigenvalue weighted by Crippen LogP contribution is -2.48. The van der Waals surface area contributed by atoms with Crippen molar-refractivity contribution >= 4 is 5.91 Å². The molecule has 0 saturated carbocycles. The van der Waals surface area contributed by atoms with Gasteiger partial charge in [-0.15, -0.1) is 0 Å². The summed E-state index contributed by atoms with van der Waals surface area (Å²) in [6, 6.07) is 1.03. The number of halogens is 3. The van der Waals surface area contributed by atoms with Crippen LogP contribution in [0.2, 0.25) is 0 Å². The van der Waals surface area contributed by atoms with Gasteiger partial charge in [-0.05, 0) is 43.9 Å². The van der Waals surface area contributed by atoms with E-state index in [9.17, 15) is 18.0 Å². The number of hydrogen-bond donors (Lipinski definition) is 2. The minimum absolute atomic E-state index is 0.139. The Bertz CT molecular complexity index is 507. The molecule has 1 aliphatic heterocycles. The first kappa shape index (κ1) is 14.8. The van der Waals surface area contributed by atoms with Gasteiger partial charge in [0.2, 0.25) is 5.91 Å². The summed E-state index contributed by atoms with van der Waals surface area (Å²) in [5.41, 5.74) is 0.139. The topological polar surface area (TPSA) is 41.1 Å². The van der Waals surface area contributed by atoms with Gasteiger partial charge in [-0.3, -0.25) is 4.79 Å². The summed E-state index contributed by atoms with van der Waals surface area (Å²) in [6.45, 7) is 2.86. The molecule has 3 nitrogen and oxygen atoms in total. The molecule has 1 aromatic rings.